The Labute approximate surface area is 119 Å². The zero-order valence-electron chi connectivity index (χ0n) is 12.7. The van der Waals surface area contributed by atoms with Gasteiger partial charge in [-0.25, -0.2) is 0 Å². The lowest BCUT2D eigenvalue weighted by Gasteiger charge is -2.04. The molecule has 0 bridgehead atoms. The minimum absolute atomic E-state index is 0.921. The Balaban J connectivity index is 2.19. The first-order valence-electron chi connectivity index (χ1n) is 8.61. The van der Waals surface area contributed by atoms with Crippen LogP contribution < -0.4 is 0 Å². The van der Waals surface area contributed by atoms with E-state index in [1.807, 2.05) is 0 Å². The zero-order valence-corrected chi connectivity index (χ0v) is 12.7. The fraction of sp³-hybridized carbons (Fsp3) is 0.941. The molecule has 1 fully saturated rings. The molecule has 0 aromatic heterocycles. The molecule has 0 saturated heterocycles. The molecule has 0 aromatic carbocycles. The second-order valence-electron chi connectivity index (χ2n) is 6.11. The van der Waals surface area contributed by atoms with Gasteiger partial charge in [0.25, 0.3) is 0 Å². The highest BCUT2D eigenvalue weighted by atomic mass is 16.4. The Bertz CT molecular complexity index is 205. The van der Waals surface area contributed by atoms with Crippen molar-refractivity contribution >= 4 is 5.71 Å². The van der Waals surface area contributed by atoms with E-state index in [-0.39, 0.29) is 0 Å². The minimum atomic E-state index is 0.921. The zero-order chi connectivity index (χ0) is 13.6. The van der Waals surface area contributed by atoms with Gasteiger partial charge in [-0.05, 0) is 30.8 Å². The molecule has 0 unspecified atom stereocenters. The summed E-state index contributed by atoms with van der Waals surface area (Å²) in [7, 11) is 0. The molecule has 19 heavy (non-hydrogen) atoms. The standard InChI is InChI=1S/C17H32NO/c19-18-17-15-13-11-9-7-5-3-1-2-4-6-8-10-12-14-16-17/h1-16H2. The molecule has 1 aliphatic carbocycles. The highest BCUT2D eigenvalue weighted by Crippen LogP contribution is 2.15. The molecule has 0 heterocycles. The topological polar surface area (TPSA) is 32.3 Å². The van der Waals surface area contributed by atoms with Gasteiger partial charge in [0, 0.05) is 0 Å². The molecule has 0 atom stereocenters. The third kappa shape index (κ3) is 9.98. The van der Waals surface area contributed by atoms with Gasteiger partial charge in [-0.1, -0.05) is 77.0 Å². The van der Waals surface area contributed by atoms with Crippen LogP contribution in [0.1, 0.15) is 103 Å². The van der Waals surface area contributed by atoms with Crippen molar-refractivity contribution in [3.63, 3.8) is 0 Å². The number of nitrogens with zero attached hydrogens (tertiary/aromatic N) is 1. The summed E-state index contributed by atoms with van der Waals surface area (Å²) in [4.78, 5) is 0. The molecule has 0 amide bonds. The molecule has 111 valence electrons. The van der Waals surface area contributed by atoms with Crippen LogP contribution in [0.4, 0.5) is 0 Å². The average molecular weight is 266 g/mol. The third-order valence-corrected chi connectivity index (χ3v) is 4.31. The van der Waals surface area contributed by atoms with Crippen LogP contribution in [0.3, 0.4) is 0 Å². The Morgan fingerprint density at radius 1 is 0.474 bits per heavy atom. The predicted octanol–water partition coefficient (Wildman–Crippen LogP) is 6.03. The molecule has 0 spiro atoms. The largest absolute Gasteiger partial charge is 0.145 e. The van der Waals surface area contributed by atoms with Gasteiger partial charge in [-0.15, -0.1) is 5.21 Å². The maximum absolute atomic E-state index is 10.8. The summed E-state index contributed by atoms with van der Waals surface area (Å²) in [5.74, 6) is 0. The van der Waals surface area contributed by atoms with E-state index in [4.69, 9.17) is 0 Å². The van der Waals surface area contributed by atoms with Crippen molar-refractivity contribution in [1.82, 2.24) is 0 Å². The van der Waals surface area contributed by atoms with Crippen molar-refractivity contribution in [3.8, 4) is 0 Å². The van der Waals surface area contributed by atoms with E-state index in [9.17, 15) is 5.21 Å². The molecule has 1 saturated carbocycles. The van der Waals surface area contributed by atoms with Gasteiger partial charge in [0.05, 0.1) is 5.71 Å². The molecule has 1 radical (unpaired) electrons. The van der Waals surface area contributed by atoms with E-state index in [0.717, 1.165) is 18.6 Å². The summed E-state index contributed by atoms with van der Waals surface area (Å²) in [5, 5.41) is 14.0. The van der Waals surface area contributed by atoms with Gasteiger partial charge in [-0.2, -0.15) is 0 Å². The first-order valence-corrected chi connectivity index (χ1v) is 8.61. The summed E-state index contributed by atoms with van der Waals surface area (Å²) in [6.45, 7) is 0. The van der Waals surface area contributed by atoms with Crippen molar-refractivity contribution in [2.24, 2.45) is 5.16 Å². The number of rotatable bonds is 0. The maximum Gasteiger partial charge on any atom is 0.0624 e. The van der Waals surface area contributed by atoms with Crippen LogP contribution >= 0.6 is 0 Å². The monoisotopic (exact) mass is 266 g/mol. The Hall–Kier alpha value is -0.530. The Morgan fingerprint density at radius 2 is 0.737 bits per heavy atom. The SMILES string of the molecule is [O]N=C1CCCCCCCCCCCCCCCC1. The predicted molar refractivity (Wildman–Crippen MR) is 82.0 cm³/mol. The average Bonchev–Trinajstić information content (AvgIpc) is 2.44. The van der Waals surface area contributed by atoms with Crippen LogP contribution in [0.2, 0.25) is 0 Å². The lowest BCUT2D eigenvalue weighted by molar-refractivity contribution is 0.207. The van der Waals surface area contributed by atoms with E-state index < -0.39 is 0 Å². The first kappa shape index (κ1) is 16.5. The van der Waals surface area contributed by atoms with E-state index in [1.54, 1.807) is 0 Å². The minimum Gasteiger partial charge on any atom is -0.145 e. The van der Waals surface area contributed by atoms with Crippen LogP contribution in [-0.2, 0) is 5.21 Å². The van der Waals surface area contributed by atoms with Gasteiger partial charge in [-0.3, -0.25) is 0 Å². The van der Waals surface area contributed by atoms with Crippen molar-refractivity contribution in [3.05, 3.63) is 0 Å². The summed E-state index contributed by atoms with van der Waals surface area (Å²) < 4.78 is 0. The molecule has 0 N–H and O–H groups in total. The molecule has 0 aromatic rings. The van der Waals surface area contributed by atoms with Crippen molar-refractivity contribution in [2.75, 3.05) is 0 Å². The van der Waals surface area contributed by atoms with Crippen LogP contribution in [0.15, 0.2) is 5.16 Å². The first-order chi connectivity index (χ1) is 9.43. The maximum atomic E-state index is 10.8. The molecule has 2 nitrogen and oxygen atoms in total. The van der Waals surface area contributed by atoms with Crippen molar-refractivity contribution in [1.29, 1.82) is 0 Å². The number of hydrogen-bond donors (Lipinski definition) is 0. The van der Waals surface area contributed by atoms with E-state index in [2.05, 4.69) is 5.16 Å². The fourth-order valence-electron chi connectivity index (χ4n) is 3.00. The molecule has 1 aliphatic rings. The fourth-order valence-corrected chi connectivity index (χ4v) is 3.00. The van der Waals surface area contributed by atoms with E-state index in [0.29, 0.717) is 0 Å². The Kier molecular flexibility index (Phi) is 10.9. The van der Waals surface area contributed by atoms with Crippen LogP contribution in [0.5, 0.6) is 0 Å². The highest BCUT2D eigenvalue weighted by Gasteiger charge is 2.02. The molecule has 0 aliphatic heterocycles. The summed E-state index contributed by atoms with van der Waals surface area (Å²) in [6.07, 6.45) is 20.8. The third-order valence-electron chi connectivity index (χ3n) is 4.31. The normalized spacial score (nSPS) is 22.6. The van der Waals surface area contributed by atoms with Gasteiger partial charge in [0.1, 0.15) is 0 Å². The van der Waals surface area contributed by atoms with Crippen molar-refractivity contribution < 1.29 is 5.21 Å². The van der Waals surface area contributed by atoms with Gasteiger partial charge in [0.2, 0.25) is 0 Å². The van der Waals surface area contributed by atoms with Crippen LogP contribution in [0.25, 0.3) is 0 Å². The summed E-state index contributed by atoms with van der Waals surface area (Å²) >= 11 is 0. The van der Waals surface area contributed by atoms with Crippen LogP contribution in [-0.4, -0.2) is 5.71 Å². The van der Waals surface area contributed by atoms with Gasteiger partial charge >= 0.3 is 0 Å². The summed E-state index contributed by atoms with van der Waals surface area (Å²) in [6, 6.07) is 0. The second-order valence-corrected chi connectivity index (χ2v) is 6.11. The highest BCUT2D eigenvalue weighted by molar-refractivity contribution is 5.83. The molecule has 1 rings (SSSR count). The molecular formula is C17H32NO. The smallest absolute Gasteiger partial charge is 0.0624 e. The Morgan fingerprint density at radius 3 is 1.00 bits per heavy atom. The van der Waals surface area contributed by atoms with Crippen LogP contribution in [0, 0.1) is 0 Å². The van der Waals surface area contributed by atoms with Gasteiger partial charge < -0.3 is 0 Å². The lowest BCUT2D eigenvalue weighted by atomic mass is 10.0. The second kappa shape index (κ2) is 12.5. The van der Waals surface area contributed by atoms with E-state index >= 15 is 0 Å². The molecular weight excluding hydrogens is 234 g/mol. The van der Waals surface area contributed by atoms with Gasteiger partial charge in [0.15, 0.2) is 0 Å². The lowest BCUT2D eigenvalue weighted by Crippen LogP contribution is -1.98. The van der Waals surface area contributed by atoms with Crippen molar-refractivity contribution in [2.45, 2.75) is 103 Å². The molecule has 2 heteroatoms. The van der Waals surface area contributed by atoms with E-state index in [1.165, 1.54) is 89.9 Å². The number of hydrogen-bond acceptors (Lipinski definition) is 1. The quantitative estimate of drug-likeness (QED) is 0.480. The summed E-state index contributed by atoms with van der Waals surface area (Å²) in [5.41, 5.74) is 0.921.